The fourth-order valence-electron chi connectivity index (χ4n) is 2.10. The molecule has 1 aliphatic rings. The van der Waals surface area contributed by atoms with Crippen molar-refractivity contribution in [2.24, 2.45) is 0 Å². The minimum absolute atomic E-state index is 0.0921. The zero-order chi connectivity index (χ0) is 14.7. The fraction of sp³-hybridized carbons (Fsp3) is 0.462. The van der Waals surface area contributed by atoms with Crippen LogP contribution in [0.25, 0.3) is 0 Å². The predicted molar refractivity (Wildman–Crippen MR) is 70.6 cm³/mol. The lowest BCUT2D eigenvalue weighted by Gasteiger charge is -2.36. The molecule has 0 atom stereocenters. The Hall–Kier alpha value is -2.35. The van der Waals surface area contributed by atoms with Crippen molar-refractivity contribution < 1.29 is 14.1 Å². The molecule has 2 aromatic heterocycles. The van der Waals surface area contributed by atoms with E-state index >= 15 is 0 Å². The summed E-state index contributed by atoms with van der Waals surface area (Å²) < 4.78 is 10.2. The van der Waals surface area contributed by atoms with Gasteiger partial charge in [0, 0.05) is 39.0 Å². The van der Waals surface area contributed by atoms with Crippen molar-refractivity contribution in [2.45, 2.75) is 12.3 Å². The van der Waals surface area contributed by atoms with Gasteiger partial charge in [-0.05, 0) is 0 Å². The summed E-state index contributed by atoms with van der Waals surface area (Å²) in [6.45, 7) is 1.67. The molecule has 0 spiro atoms. The first-order chi connectivity index (χ1) is 10.3. The van der Waals surface area contributed by atoms with Crippen LogP contribution in [0, 0.1) is 0 Å². The molecule has 2 aromatic rings. The molecule has 1 saturated heterocycles. The van der Waals surface area contributed by atoms with Crippen LogP contribution in [-0.4, -0.2) is 57.7 Å². The zero-order valence-electron chi connectivity index (χ0n) is 11.6. The molecule has 0 aliphatic carbocycles. The third-order valence-electron chi connectivity index (χ3n) is 3.31. The number of amides is 1. The van der Waals surface area contributed by atoms with Crippen molar-refractivity contribution in [3.05, 3.63) is 36.0 Å². The van der Waals surface area contributed by atoms with E-state index in [1.807, 2.05) is 0 Å². The molecule has 1 fully saturated rings. The van der Waals surface area contributed by atoms with Gasteiger partial charge in [0.15, 0.2) is 5.82 Å². The third-order valence-corrected chi connectivity index (χ3v) is 3.31. The largest absolute Gasteiger partial charge is 0.384 e. The third kappa shape index (κ3) is 2.89. The maximum Gasteiger partial charge on any atom is 0.274 e. The first-order valence-electron chi connectivity index (χ1n) is 6.64. The molecule has 0 bridgehead atoms. The summed E-state index contributed by atoms with van der Waals surface area (Å²) in [5.41, 5.74) is 0.349. The summed E-state index contributed by atoms with van der Waals surface area (Å²) in [6, 6.07) is 0. The monoisotopic (exact) mass is 289 g/mol. The highest BCUT2D eigenvalue weighted by Gasteiger charge is 2.36. The number of carbonyl (C=O) groups is 1. The Morgan fingerprint density at radius 1 is 1.48 bits per heavy atom. The van der Waals surface area contributed by atoms with Crippen LogP contribution >= 0.6 is 0 Å². The van der Waals surface area contributed by atoms with Gasteiger partial charge in [0.25, 0.3) is 5.91 Å². The molecular weight excluding hydrogens is 274 g/mol. The van der Waals surface area contributed by atoms with Crippen LogP contribution in [0.3, 0.4) is 0 Å². The van der Waals surface area contributed by atoms with Crippen molar-refractivity contribution in [1.29, 1.82) is 0 Å². The highest BCUT2D eigenvalue weighted by atomic mass is 16.5. The number of nitrogens with zero attached hydrogens (tertiary/aromatic N) is 5. The number of hydrogen-bond donors (Lipinski definition) is 0. The van der Waals surface area contributed by atoms with Gasteiger partial charge in [0.05, 0.1) is 18.7 Å². The summed E-state index contributed by atoms with van der Waals surface area (Å²) in [7, 11) is 1.63. The van der Waals surface area contributed by atoms with Gasteiger partial charge in [0.2, 0.25) is 5.89 Å². The van der Waals surface area contributed by atoms with Gasteiger partial charge < -0.3 is 14.2 Å². The topological polar surface area (TPSA) is 94.2 Å². The van der Waals surface area contributed by atoms with Gasteiger partial charge in [-0.1, -0.05) is 5.16 Å². The number of hydrogen-bond acceptors (Lipinski definition) is 7. The summed E-state index contributed by atoms with van der Waals surface area (Å²) >= 11 is 0. The van der Waals surface area contributed by atoms with Gasteiger partial charge >= 0.3 is 0 Å². The zero-order valence-corrected chi connectivity index (χ0v) is 11.6. The second-order valence-corrected chi connectivity index (χ2v) is 4.79. The van der Waals surface area contributed by atoms with Crippen molar-refractivity contribution in [3.63, 3.8) is 0 Å². The maximum absolute atomic E-state index is 12.1. The van der Waals surface area contributed by atoms with E-state index in [0.717, 1.165) is 0 Å². The summed E-state index contributed by atoms with van der Waals surface area (Å²) in [6.07, 6.45) is 5.13. The lowest BCUT2D eigenvalue weighted by molar-refractivity contribution is 0.0562. The van der Waals surface area contributed by atoms with E-state index in [1.54, 1.807) is 12.0 Å². The molecule has 0 aromatic carbocycles. The Morgan fingerprint density at radius 3 is 3.05 bits per heavy atom. The minimum atomic E-state index is -0.126. The molecule has 1 aliphatic heterocycles. The lowest BCUT2D eigenvalue weighted by Crippen LogP contribution is -2.48. The lowest BCUT2D eigenvalue weighted by atomic mass is 10.00. The van der Waals surface area contributed by atoms with E-state index in [4.69, 9.17) is 9.26 Å². The molecule has 8 heteroatoms. The van der Waals surface area contributed by atoms with E-state index in [0.29, 0.717) is 43.5 Å². The molecule has 0 radical (unpaired) electrons. The molecule has 0 unspecified atom stereocenters. The number of carbonyl (C=O) groups excluding carboxylic acids is 1. The van der Waals surface area contributed by atoms with E-state index in [1.165, 1.54) is 18.6 Å². The Kier molecular flexibility index (Phi) is 3.87. The van der Waals surface area contributed by atoms with Gasteiger partial charge in [-0.15, -0.1) is 0 Å². The summed E-state index contributed by atoms with van der Waals surface area (Å²) in [5.74, 6) is 1.17. The second kappa shape index (κ2) is 5.96. The Balaban J connectivity index is 1.56. The maximum atomic E-state index is 12.1. The van der Waals surface area contributed by atoms with E-state index in [-0.39, 0.29) is 11.8 Å². The molecule has 8 nitrogen and oxygen atoms in total. The van der Waals surface area contributed by atoms with Crippen LogP contribution in [-0.2, 0) is 11.2 Å². The molecule has 0 N–H and O–H groups in total. The summed E-state index contributed by atoms with van der Waals surface area (Å²) in [5, 5.41) is 3.89. The van der Waals surface area contributed by atoms with Crippen molar-refractivity contribution in [1.82, 2.24) is 25.0 Å². The van der Waals surface area contributed by atoms with Crippen LogP contribution in [0.1, 0.15) is 28.1 Å². The average Bonchev–Trinajstić information content (AvgIpc) is 2.93. The number of rotatable bonds is 5. The quantitative estimate of drug-likeness (QED) is 0.780. The number of likely N-dealkylation sites (tertiary alicyclic amines) is 1. The number of ether oxygens (including phenoxy) is 1. The van der Waals surface area contributed by atoms with Gasteiger partial charge in [-0.3, -0.25) is 9.78 Å². The van der Waals surface area contributed by atoms with Crippen LogP contribution in [0.2, 0.25) is 0 Å². The van der Waals surface area contributed by atoms with Crippen LogP contribution < -0.4 is 0 Å². The molecule has 3 rings (SSSR count). The Bertz CT molecular complexity index is 609. The predicted octanol–water partition coefficient (Wildman–Crippen LogP) is 0.288. The molecule has 0 saturated carbocycles. The highest BCUT2D eigenvalue weighted by molar-refractivity contribution is 5.92. The van der Waals surface area contributed by atoms with Crippen LogP contribution in [0.4, 0.5) is 0 Å². The second-order valence-electron chi connectivity index (χ2n) is 4.79. The van der Waals surface area contributed by atoms with E-state index in [9.17, 15) is 4.79 Å². The molecule has 110 valence electrons. The smallest absolute Gasteiger partial charge is 0.274 e. The number of aromatic nitrogens is 4. The highest BCUT2D eigenvalue weighted by Crippen LogP contribution is 2.26. The molecule has 21 heavy (non-hydrogen) atoms. The first kappa shape index (κ1) is 13.6. The minimum Gasteiger partial charge on any atom is -0.384 e. The number of methoxy groups -OCH3 is 1. The average molecular weight is 289 g/mol. The van der Waals surface area contributed by atoms with E-state index < -0.39 is 0 Å². The van der Waals surface area contributed by atoms with Crippen molar-refractivity contribution in [2.75, 3.05) is 26.8 Å². The van der Waals surface area contributed by atoms with E-state index in [2.05, 4.69) is 20.1 Å². The van der Waals surface area contributed by atoms with Crippen LogP contribution in [0.5, 0.6) is 0 Å². The molecular formula is C13H15N5O3. The van der Waals surface area contributed by atoms with Gasteiger partial charge in [-0.2, -0.15) is 4.98 Å². The van der Waals surface area contributed by atoms with Crippen LogP contribution in [0.15, 0.2) is 23.1 Å². The standard InChI is InChI=1S/C13H15N5O3/c1-20-5-2-11-16-12(21-17-11)9-7-18(8-9)13(19)10-6-14-3-4-15-10/h3-4,6,9H,2,5,7-8H2,1H3. The normalized spacial score (nSPS) is 15.0. The summed E-state index contributed by atoms with van der Waals surface area (Å²) in [4.78, 5) is 26.0. The van der Waals surface area contributed by atoms with Gasteiger partial charge in [-0.25, -0.2) is 4.98 Å². The van der Waals surface area contributed by atoms with Crippen molar-refractivity contribution >= 4 is 5.91 Å². The SMILES string of the molecule is COCCc1noc(C2CN(C(=O)c3cnccn3)C2)n1. The van der Waals surface area contributed by atoms with Crippen molar-refractivity contribution in [3.8, 4) is 0 Å². The Labute approximate surface area is 121 Å². The fourth-order valence-corrected chi connectivity index (χ4v) is 2.10. The molecule has 1 amide bonds. The molecule has 3 heterocycles. The Morgan fingerprint density at radius 2 is 2.33 bits per heavy atom. The first-order valence-corrected chi connectivity index (χ1v) is 6.64. The van der Waals surface area contributed by atoms with Gasteiger partial charge in [0.1, 0.15) is 5.69 Å².